The fraction of sp³-hybridized carbons (Fsp3) is 0.154. The molecular formula is C13H11N5. The van der Waals surface area contributed by atoms with Crippen molar-refractivity contribution in [1.29, 1.82) is 0 Å². The molecule has 0 fully saturated rings. The van der Waals surface area contributed by atoms with Crippen molar-refractivity contribution in [3.8, 4) is 11.4 Å². The standard InChI is InChI=1S/C13H11N5/c1-2-10(7-11-9(1)3-6-15-11)13-17-16-12-4-5-14-8-18(12)13/h1-2,4-5,7-8,15H,3,6H2. The van der Waals surface area contributed by atoms with Gasteiger partial charge in [0.05, 0.1) is 0 Å². The van der Waals surface area contributed by atoms with Gasteiger partial charge < -0.3 is 5.32 Å². The zero-order valence-electron chi connectivity index (χ0n) is 9.67. The molecule has 0 spiro atoms. The van der Waals surface area contributed by atoms with Crippen LogP contribution in [0.15, 0.2) is 36.8 Å². The summed E-state index contributed by atoms with van der Waals surface area (Å²) in [7, 11) is 0. The van der Waals surface area contributed by atoms with Gasteiger partial charge in [-0.15, -0.1) is 10.2 Å². The molecule has 0 saturated carbocycles. The first-order chi connectivity index (χ1) is 8.92. The summed E-state index contributed by atoms with van der Waals surface area (Å²) in [6.45, 7) is 1.01. The highest BCUT2D eigenvalue weighted by atomic mass is 15.3. The molecule has 3 heterocycles. The lowest BCUT2D eigenvalue weighted by atomic mass is 10.1. The second-order valence-electron chi connectivity index (χ2n) is 4.38. The topological polar surface area (TPSA) is 55.1 Å². The molecular weight excluding hydrogens is 226 g/mol. The molecule has 0 bridgehead atoms. The number of nitrogens with one attached hydrogen (secondary N) is 1. The molecule has 5 nitrogen and oxygen atoms in total. The first-order valence-electron chi connectivity index (χ1n) is 5.94. The predicted molar refractivity (Wildman–Crippen MR) is 68.4 cm³/mol. The second-order valence-corrected chi connectivity index (χ2v) is 4.38. The molecule has 1 aliphatic rings. The fourth-order valence-electron chi connectivity index (χ4n) is 2.37. The number of benzene rings is 1. The highest BCUT2D eigenvalue weighted by molar-refractivity contribution is 5.68. The van der Waals surface area contributed by atoms with Crippen molar-refractivity contribution in [2.75, 3.05) is 11.9 Å². The third-order valence-corrected chi connectivity index (χ3v) is 3.29. The van der Waals surface area contributed by atoms with Crippen LogP contribution in [0.25, 0.3) is 17.0 Å². The van der Waals surface area contributed by atoms with Crippen molar-refractivity contribution in [3.63, 3.8) is 0 Å². The largest absolute Gasteiger partial charge is 0.384 e. The molecule has 0 radical (unpaired) electrons. The van der Waals surface area contributed by atoms with Gasteiger partial charge in [-0.05, 0) is 18.1 Å². The Kier molecular flexibility index (Phi) is 1.88. The third-order valence-electron chi connectivity index (χ3n) is 3.29. The zero-order chi connectivity index (χ0) is 11.9. The molecule has 5 heteroatoms. The molecule has 0 unspecified atom stereocenters. The van der Waals surface area contributed by atoms with Gasteiger partial charge in [0.25, 0.3) is 0 Å². The van der Waals surface area contributed by atoms with E-state index < -0.39 is 0 Å². The minimum absolute atomic E-state index is 0.813. The van der Waals surface area contributed by atoms with Crippen molar-refractivity contribution in [2.24, 2.45) is 0 Å². The van der Waals surface area contributed by atoms with Gasteiger partial charge in [0.2, 0.25) is 0 Å². The number of rotatable bonds is 1. The molecule has 2 aromatic heterocycles. The normalized spacial score (nSPS) is 13.6. The first kappa shape index (κ1) is 9.58. The van der Waals surface area contributed by atoms with E-state index in [4.69, 9.17) is 0 Å². The van der Waals surface area contributed by atoms with E-state index >= 15 is 0 Å². The summed E-state index contributed by atoms with van der Waals surface area (Å²) in [6, 6.07) is 8.23. The summed E-state index contributed by atoms with van der Waals surface area (Å²) in [5.74, 6) is 0.828. The van der Waals surface area contributed by atoms with E-state index in [1.165, 1.54) is 11.3 Å². The average molecular weight is 237 g/mol. The van der Waals surface area contributed by atoms with E-state index in [0.717, 1.165) is 30.0 Å². The summed E-state index contributed by atoms with van der Waals surface area (Å²) < 4.78 is 1.90. The van der Waals surface area contributed by atoms with Gasteiger partial charge in [0.1, 0.15) is 6.33 Å². The van der Waals surface area contributed by atoms with Crippen molar-refractivity contribution in [3.05, 3.63) is 42.4 Å². The van der Waals surface area contributed by atoms with E-state index in [0.29, 0.717) is 0 Å². The Balaban J connectivity index is 1.92. The molecule has 0 atom stereocenters. The van der Waals surface area contributed by atoms with E-state index in [9.17, 15) is 0 Å². The number of anilines is 1. The lowest BCUT2D eigenvalue weighted by Gasteiger charge is -2.03. The van der Waals surface area contributed by atoms with Crippen LogP contribution in [0.2, 0.25) is 0 Å². The van der Waals surface area contributed by atoms with Gasteiger partial charge in [-0.1, -0.05) is 12.1 Å². The van der Waals surface area contributed by atoms with Crippen LogP contribution in [0.1, 0.15) is 5.56 Å². The van der Waals surface area contributed by atoms with E-state index in [2.05, 4.69) is 38.7 Å². The molecule has 88 valence electrons. The molecule has 1 aromatic carbocycles. The maximum atomic E-state index is 4.24. The second kappa shape index (κ2) is 3.53. The molecule has 1 aliphatic heterocycles. The van der Waals surface area contributed by atoms with Gasteiger partial charge in [0.15, 0.2) is 11.5 Å². The monoisotopic (exact) mass is 237 g/mol. The van der Waals surface area contributed by atoms with Crippen LogP contribution >= 0.6 is 0 Å². The SMILES string of the molecule is c1cc2nnc(-c3ccc4c(c3)NCC4)n2cn1. The van der Waals surface area contributed by atoms with Crippen LogP contribution in [-0.4, -0.2) is 26.1 Å². The van der Waals surface area contributed by atoms with Crippen LogP contribution in [0.5, 0.6) is 0 Å². The Morgan fingerprint density at radius 2 is 2.17 bits per heavy atom. The predicted octanol–water partition coefficient (Wildman–Crippen LogP) is 1.76. The highest BCUT2D eigenvalue weighted by Gasteiger charge is 2.13. The molecule has 0 aliphatic carbocycles. The average Bonchev–Trinajstić information content (AvgIpc) is 3.04. The van der Waals surface area contributed by atoms with Crippen molar-refractivity contribution in [1.82, 2.24) is 19.6 Å². The Labute approximate surface area is 104 Å². The lowest BCUT2D eigenvalue weighted by Crippen LogP contribution is -1.93. The molecule has 0 amide bonds. The van der Waals surface area contributed by atoms with Crippen molar-refractivity contribution in [2.45, 2.75) is 6.42 Å². The van der Waals surface area contributed by atoms with Crippen LogP contribution in [0.4, 0.5) is 5.69 Å². The summed E-state index contributed by atoms with van der Waals surface area (Å²) >= 11 is 0. The third kappa shape index (κ3) is 1.30. The first-order valence-corrected chi connectivity index (χ1v) is 5.94. The van der Waals surface area contributed by atoms with Gasteiger partial charge >= 0.3 is 0 Å². The Morgan fingerprint density at radius 1 is 1.17 bits per heavy atom. The van der Waals surface area contributed by atoms with E-state index in [-0.39, 0.29) is 0 Å². The molecule has 18 heavy (non-hydrogen) atoms. The van der Waals surface area contributed by atoms with Crippen LogP contribution in [-0.2, 0) is 6.42 Å². The van der Waals surface area contributed by atoms with Gasteiger partial charge in [0, 0.05) is 30.1 Å². The Bertz CT molecular complexity index is 731. The lowest BCUT2D eigenvalue weighted by molar-refractivity contribution is 1.08. The van der Waals surface area contributed by atoms with E-state index in [1.807, 2.05) is 10.5 Å². The zero-order valence-corrected chi connectivity index (χ0v) is 9.67. The molecule has 0 saturated heterocycles. The summed E-state index contributed by atoms with van der Waals surface area (Å²) in [5, 5.41) is 11.8. The Hall–Kier alpha value is -2.43. The summed E-state index contributed by atoms with van der Waals surface area (Å²) in [4.78, 5) is 4.11. The highest BCUT2D eigenvalue weighted by Crippen LogP contribution is 2.28. The minimum Gasteiger partial charge on any atom is -0.384 e. The Morgan fingerprint density at radius 3 is 3.17 bits per heavy atom. The molecule has 4 rings (SSSR count). The number of aromatic nitrogens is 4. The van der Waals surface area contributed by atoms with Crippen molar-refractivity contribution < 1.29 is 0 Å². The minimum atomic E-state index is 0.813. The van der Waals surface area contributed by atoms with E-state index in [1.54, 1.807) is 12.5 Å². The van der Waals surface area contributed by atoms with Crippen LogP contribution in [0, 0.1) is 0 Å². The molecule has 1 N–H and O–H groups in total. The number of hydrogen-bond acceptors (Lipinski definition) is 4. The number of nitrogens with zero attached hydrogens (tertiary/aromatic N) is 4. The summed E-state index contributed by atoms with van der Waals surface area (Å²) in [5.41, 5.74) is 4.44. The van der Waals surface area contributed by atoms with Gasteiger partial charge in [-0.3, -0.25) is 4.40 Å². The van der Waals surface area contributed by atoms with Crippen LogP contribution < -0.4 is 5.32 Å². The van der Waals surface area contributed by atoms with Crippen molar-refractivity contribution >= 4 is 11.3 Å². The number of fused-ring (bicyclic) bond motifs is 2. The number of hydrogen-bond donors (Lipinski definition) is 1. The maximum absolute atomic E-state index is 4.24. The van der Waals surface area contributed by atoms with Crippen LogP contribution in [0.3, 0.4) is 0 Å². The molecule has 3 aromatic rings. The maximum Gasteiger partial charge on any atom is 0.169 e. The summed E-state index contributed by atoms with van der Waals surface area (Å²) in [6.07, 6.45) is 4.56. The quantitative estimate of drug-likeness (QED) is 0.700. The van der Waals surface area contributed by atoms with Gasteiger partial charge in [-0.25, -0.2) is 4.98 Å². The fourth-order valence-corrected chi connectivity index (χ4v) is 2.37. The smallest absolute Gasteiger partial charge is 0.169 e. The van der Waals surface area contributed by atoms with Gasteiger partial charge in [-0.2, -0.15) is 0 Å².